The topological polar surface area (TPSA) is 36.4 Å². The average Bonchev–Trinajstić information content (AvgIpc) is 3.17. The summed E-state index contributed by atoms with van der Waals surface area (Å²) in [5.74, 6) is 0.151. The van der Waals surface area contributed by atoms with E-state index in [1.165, 1.54) is 28.4 Å². The lowest BCUT2D eigenvalue weighted by Gasteiger charge is -2.34. The summed E-state index contributed by atoms with van der Waals surface area (Å²) in [4.78, 5) is 23.1. The maximum Gasteiger partial charge on any atom is 0.253 e. The minimum Gasteiger partial charge on any atom is -0.336 e. The van der Waals surface area contributed by atoms with Gasteiger partial charge in [-0.05, 0) is 31.4 Å². The Balaban J connectivity index is 1.33. The highest BCUT2D eigenvalue weighted by atomic mass is 32.1. The van der Waals surface area contributed by atoms with E-state index in [0.717, 1.165) is 44.7 Å². The van der Waals surface area contributed by atoms with E-state index in [9.17, 15) is 4.79 Å². The van der Waals surface area contributed by atoms with Crippen LogP contribution in [0.2, 0.25) is 0 Å². The van der Waals surface area contributed by atoms with Crippen molar-refractivity contribution in [2.45, 2.75) is 25.8 Å². The van der Waals surface area contributed by atoms with Gasteiger partial charge in [-0.1, -0.05) is 18.2 Å². The molecule has 0 saturated carbocycles. The van der Waals surface area contributed by atoms with Gasteiger partial charge in [0.05, 0.1) is 12.2 Å². The fourth-order valence-corrected chi connectivity index (χ4v) is 4.57. The minimum absolute atomic E-state index is 0.151. The average molecular weight is 327 g/mol. The molecule has 2 heterocycles. The van der Waals surface area contributed by atoms with Crippen LogP contribution in [0.3, 0.4) is 0 Å². The third-order valence-corrected chi connectivity index (χ3v) is 5.82. The van der Waals surface area contributed by atoms with Gasteiger partial charge in [0.1, 0.15) is 5.01 Å². The Hall–Kier alpha value is -1.72. The second-order valence-electron chi connectivity index (χ2n) is 6.27. The Kier molecular flexibility index (Phi) is 4.14. The number of piperazine rings is 1. The van der Waals surface area contributed by atoms with Crippen molar-refractivity contribution in [1.29, 1.82) is 0 Å². The van der Waals surface area contributed by atoms with E-state index in [1.807, 2.05) is 46.6 Å². The predicted octanol–water partition coefficient (Wildman–Crippen LogP) is 2.59. The molecule has 0 bridgehead atoms. The summed E-state index contributed by atoms with van der Waals surface area (Å²) in [6.07, 6.45) is 3.65. The summed E-state index contributed by atoms with van der Waals surface area (Å²) >= 11 is 1.89. The molecule has 2 aromatic rings. The van der Waals surface area contributed by atoms with Crippen LogP contribution in [0.1, 0.15) is 32.4 Å². The molecule has 1 aliphatic heterocycles. The summed E-state index contributed by atoms with van der Waals surface area (Å²) in [7, 11) is 0. The number of amides is 1. The van der Waals surface area contributed by atoms with Gasteiger partial charge in [0.25, 0.3) is 5.91 Å². The minimum atomic E-state index is 0.151. The SMILES string of the molecule is O=C(c1ccccc1)N1CCN(Cc2nc3c(s2)CCC3)CC1. The summed E-state index contributed by atoms with van der Waals surface area (Å²) in [5, 5.41) is 1.25. The highest BCUT2D eigenvalue weighted by Gasteiger charge is 2.23. The van der Waals surface area contributed by atoms with Crippen LogP contribution in [0.25, 0.3) is 0 Å². The van der Waals surface area contributed by atoms with Crippen LogP contribution in [0.15, 0.2) is 30.3 Å². The van der Waals surface area contributed by atoms with E-state index in [0.29, 0.717) is 0 Å². The van der Waals surface area contributed by atoms with E-state index in [4.69, 9.17) is 4.98 Å². The molecule has 1 saturated heterocycles. The summed E-state index contributed by atoms with van der Waals surface area (Å²) in [5.41, 5.74) is 2.13. The number of thiazole rings is 1. The number of hydrogen-bond acceptors (Lipinski definition) is 4. The van der Waals surface area contributed by atoms with E-state index >= 15 is 0 Å². The van der Waals surface area contributed by atoms with Crippen molar-refractivity contribution in [1.82, 2.24) is 14.8 Å². The third kappa shape index (κ3) is 3.16. The standard InChI is InChI=1S/C18H21N3OS/c22-18(14-5-2-1-3-6-14)21-11-9-20(10-12-21)13-17-19-15-7-4-8-16(15)23-17/h1-3,5-6H,4,7-13H2. The molecule has 1 aliphatic carbocycles. The van der Waals surface area contributed by atoms with Crippen LogP contribution < -0.4 is 0 Å². The smallest absolute Gasteiger partial charge is 0.253 e. The van der Waals surface area contributed by atoms with E-state index in [-0.39, 0.29) is 5.91 Å². The first-order valence-corrected chi connectivity index (χ1v) is 9.15. The van der Waals surface area contributed by atoms with E-state index in [1.54, 1.807) is 0 Å². The Labute approximate surface area is 140 Å². The first-order chi connectivity index (χ1) is 11.3. The molecule has 1 aromatic heterocycles. The monoisotopic (exact) mass is 327 g/mol. The van der Waals surface area contributed by atoms with Crippen molar-refractivity contribution in [2.75, 3.05) is 26.2 Å². The van der Waals surface area contributed by atoms with Crippen LogP contribution in [-0.2, 0) is 19.4 Å². The number of aryl methyl sites for hydroxylation is 2. The number of benzene rings is 1. The molecule has 1 fully saturated rings. The molecule has 2 aliphatic rings. The van der Waals surface area contributed by atoms with Gasteiger partial charge in [-0.15, -0.1) is 11.3 Å². The molecule has 1 aromatic carbocycles. The Morgan fingerprint density at radius 2 is 1.87 bits per heavy atom. The first kappa shape index (κ1) is 14.8. The fraction of sp³-hybridized carbons (Fsp3) is 0.444. The van der Waals surface area contributed by atoms with Gasteiger partial charge in [0, 0.05) is 36.6 Å². The molecule has 0 unspecified atom stereocenters. The van der Waals surface area contributed by atoms with Gasteiger partial charge >= 0.3 is 0 Å². The molecular weight excluding hydrogens is 306 g/mol. The number of aromatic nitrogens is 1. The predicted molar refractivity (Wildman–Crippen MR) is 91.8 cm³/mol. The summed E-state index contributed by atoms with van der Waals surface area (Å²) < 4.78 is 0. The van der Waals surface area contributed by atoms with E-state index < -0.39 is 0 Å². The van der Waals surface area contributed by atoms with Crippen LogP contribution in [-0.4, -0.2) is 46.9 Å². The lowest BCUT2D eigenvalue weighted by atomic mass is 10.2. The van der Waals surface area contributed by atoms with Crippen molar-refractivity contribution >= 4 is 17.2 Å². The maximum atomic E-state index is 12.5. The number of nitrogens with zero attached hydrogens (tertiary/aromatic N) is 3. The molecule has 120 valence electrons. The lowest BCUT2D eigenvalue weighted by molar-refractivity contribution is 0.0628. The molecule has 23 heavy (non-hydrogen) atoms. The van der Waals surface area contributed by atoms with Crippen molar-refractivity contribution in [2.24, 2.45) is 0 Å². The quantitative estimate of drug-likeness (QED) is 0.869. The third-order valence-electron chi connectivity index (χ3n) is 4.68. The second kappa shape index (κ2) is 6.42. The molecule has 1 amide bonds. The molecular formula is C18H21N3OS. The molecule has 0 spiro atoms. The normalized spacial score (nSPS) is 18.2. The van der Waals surface area contributed by atoms with Crippen LogP contribution >= 0.6 is 11.3 Å². The Morgan fingerprint density at radius 3 is 2.61 bits per heavy atom. The fourth-order valence-electron chi connectivity index (χ4n) is 3.38. The van der Waals surface area contributed by atoms with Crippen molar-refractivity contribution < 1.29 is 4.79 Å². The van der Waals surface area contributed by atoms with Crippen molar-refractivity contribution in [3.8, 4) is 0 Å². The van der Waals surface area contributed by atoms with Gasteiger partial charge in [0.2, 0.25) is 0 Å². The summed E-state index contributed by atoms with van der Waals surface area (Å²) in [6, 6.07) is 9.58. The van der Waals surface area contributed by atoms with Gasteiger partial charge in [-0.3, -0.25) is 9.69 Å². The molecule has 4 nitrogen and oxygen atoms in total. The van der Waals surface area contributed by atoms with E-state index in [2.05, 4.69) is 4.90 Å². The number of rotatable bonds is 3. The van der Waals surface area contributed by atoms with Gasteiger partial charge in [-0.2, -0.15) is 0 Å². The number of carbonyl (C=O) groups excluding carboxylic acids is 1. The molecule has 4 rings (SSSR count). The maximum absolute atomic E-state index is 12.5. The zero-order valence-corrected chi connectivity index (χ0v) is 14.0. The highest BCUT2D eigenvalue weighted by Crippen LogP contribution is 2.28. The Bertz CT molecular complexity index is 668. The van der Waals surface area contributed by atoms with Crippen LogP contribution in [0.5, 0.6) is 0 Å². The molecule has 0 atom stereocenters. The number of carbonyl (C=O) groups is 1. The molecule has 5 heteroatoms. The highest BCUT2D eigenvalue weighted by molar-refractivity contribution is 7.11. The lowest BCUT2D eigenvalue weighted by Crippen LogP contribution is -2.48. The number of fused-ring (bicyclic) bond motifs is 1. The first-order valence-electron chi connectivity index (χ1n) is 8.34. The molecule has 0 N–H and O–H groups in total. The second-order valence-corrected chi connectivity index (χ2v) is 7.43. The van der Waals surface area contributed by atoms with Crippen molar-refractivity contribution in [3.63, 3.8) is 0 Å². The van der Waals surface area contributed by atoms with Crippen LogP contribution in [0, 0.1) is 0 Å². The largest absolute Gasteiger partial charge is 0.336 e. The van der Waals surface area contributed by atoms with Crippen molar-refractivity contribution in [3.05, 3.63) is 51.5 Å². The van der Waals surface area contributed by atoms with Gasteiger partial charge in [-0.25, -0.2) is 4.98 Å². The number of hydrogen-bond donors (Lipinski definition) is 0. The van der Waals surface area contributed by atoms with Gasteiger partial charge in [0.15, 0.2) is 0 Å². The summed E-state index contributed by atoms with van der Waals surface area (Å²) in [6.45, 7) is 4.41. The zero-order chi connectivity index (χ0) is 15.6. The molecule has 0 radical (unpaired) electrons. The Morgan fingerprint density at radius 1 is 1.09 bits per heavy atom. The zero-order valence-electron chi connectivity index (χ0n) is 13.2. The van der Waals surface area contributed by atoms with Crippen LogP contribution in [0.4, 0.5) is 0 Å². The van der Waals surface area contributed by atoms with Gasteiger partial charge < -0.3 is 4.90 Å².